The van der Waals surface area contributed by atoms with Crippen LogP contribution in [0.15, 0.2) is 15.9 Å². The van der Waals surface area contributed by atoms with E-state index in [4.69, 9.17) is 4.74 Å². The number of ether oxygens (including phenoxy) is 1. The van der Waals surface area contributed by atoms with Gasteiger partial charge in [-0.3, -0.25) is 4.90 Å². The monoisotopic (exact) mass is 348 g/mol. The molecule has 19 heavy (non-hydrogen) atoms. The summed E-state index contributed by atoms with van der Waals surface area (Å²) >= 11 is 5.23. The van der Waals surface area contributed by atoms with Gasteiger partial charge in [-0.2, -0.15) is 0 Å². The molecule has 1 aromatic heterocycles. The molecule has 1 aromatic rings. The summed E-state index contributed by atoms with van der Waals surface area (Å²) < 4.78 is 6.46. The Bertz CT molecular complexity index is 369. The number of hydrogen-bond acceptors (Lipinski definition) is 5. The quantitative estimate of drug-likeness (QED) is 0.730. The fourth-order valence-electron chi connectivity index (χ4n) is 2.11. The molecule has 0 aromatic carbocycles. The first-order valence-corrected chi connectivity index (χ1v) is 8.28. The number of nitrogens with one attached hydrogen (secondary N) is 1. The van der Waals surface area contributed by atoms with Gasteiger partial charge in [-0.1, -0.05) is 0 Å². The van der Waals surface area contributed by atoms with E-state index < -0.39 is 0 Å². The molecule has 1 aliphatic heterocycles. The van der Waals surface area contributed by atoms with Crippen LogP contribution in [0.3, 0.4) is 0 Å². The minimum absolute atomic E-state index is 0.298. The maximum absolute atomic E-state index is 9.95. The fraction of sp³-hybridized carbons (Fsp3) is 0.692. The number of rotatable bonds is 7. The predicted octanol–water partition coefficient (Wildman–Crippen LogP) is 1.34. The van der Waals surface area contributed by atoms with Gasteiger partial charge in [0.1, 0.15) is 0 Å². The Hall–Kier alpha value is 0.0200. The molecule has 2 rings (SSSR count). The van der Waals surface area contributed by atoms with Crippen LogP contribution in [0.5, 0.6) is 0 Å². The number of morpholine rings is 1. The topological polar surface area (TPSA) is 44.7 Å². The van der Waals surface area contributed by atoms with E-state index in [-0.39, 0.29) is 6.10 Å². The molecular formula is C13H21BrN2O2S. The van der Waals surface area contributed by atoms with Crippen molar-refractivity contribution in [1.82, 2.24) is 10.2 Å². The lowest BCUT2D eigenvalue weighted by Gasteiger charge is -2.28. The highest BCUT2D eigenvalue weighted by molar-refractivity contribution is 9.11. The van der Waals surface area contributed by atoms with Crippen molar-refractivity contribution in [2.75, 3.05) is 45.9 Å². The Labute approximate surface area is 126 Å². The summed E-state index contributed by atoms with van der Waals surface area (Å²) in [5.74, 6) is 0. The normalized spacial score (nSPS) is 18.6. The predicted molar refractivity (Wildman–Crippen MR) is 81.9 cm³/mol. The van der Waals surface area contributed by atoms with Gasteiger partial charge in [-0.25, -0.2) is 0 Å². The minimum atomic E-state index is -0.298. The zero-order valence-electron chi connectivity index (χ0n) is 11.0. The van der Waals surface area contributed by atoms with Crippen molar-refractivity contribution in [1.29, 1.82) is 0 Å². The van der Waals surface area contributed by atoms with E-state index in [0.717, 1.165) is 45.8 Å². The van der Waals surface area contributed by atoms with E-state index in [1.54, 1.807) is 11.3 Å². The lowest BCUT2D eigenvalue weighted by Crippen LogP contribution is -2.43. The molecule has 1 fully saturated rings. The zero-order chi connectivity index (χ0) is 13.5. The Kier molecular flexibility index (Phi) is 6.76. The number of hydrogen-bond donors (Lipinski definition) is 2. The smallest absolute Gasteiger partial charge is 0.0791 e. The van der Waals surface area contributed by atoms with Gasteiger partial charge < -0.3 is 15.2 Å². The summed E-state index contributed by atoms with van der Waals surface area (Å²) in [7, 11) is 0. The van der Waals surface area contributed by atoms with Gasteiger partial charge in [0, 0.05) is 37.6 Å². The molecule has 0 radical (unpaired) electrons. The molecule has 108 valence electrons. The second-order valence-electron chi connectivity index (χ2n) is 4.73. The second-order valence-corrected chi connectivity index (χ2v) is 7.27. The molecule has 1 unspecified atom stereocenters. The van der Waals surface area contributed by atoms with Crippen molar-refractivity contribution >= 4 is 27.3 Å². The van der Waals surface area contributed by atoms with Crippen molar-refractivity contribution in [3.63, 3.8) is 0 Å². The van der Waals surface area contributed by atoms with Crippen molar-refractivity contribution < 1.29 is 9.84 Å². The van der Waals surface area contributed by atoms with E-state index in [9.17, 15) is 5.11 Å². The third kappa shape index (κ3) is 5.89. The Balaban J connectivity index is 1.54. The van der Waals surface area contributed by atoms with Crippen LogP contribution in [0, 0.1) is 0 Å². The minimum Gasteiger partial charge on any atom is -0.390 e. The van der Waals surface area contributed by atoms with E-state index in [1.807, 2.05) is 0 Å². The molecular weight excluding hydrogens is 328 g/mol. The second kappa shape index (κ2) is 8.34. The highest BCUT2D eigenvalue weighted by Gasteiger charge is 2.14. The maximum Gasteiger partial charge on any atom is 0.0791 e. The van der Waals surface area contributed by atoms with E-state index in [2.05, 4.69) is 38.3 Å². The highest BCUT2D eigenvalue weighted by Crippen LogP contribution is 2.21. The first kappa shape index (κ1) is 15.4. The number of aliphatic hydroxyl groups excluding tert-OH is 1. The van der Waals surface area contributed by atoms with Crippen LogP contribution < -0.4 is 5.32 Å². The molecule has 0 saturated carbocycles. The van der Waals surface area contributed by atoms with Gasteiger partial charge >= 0.3 is 0 Å². The third-order valence-electron chi connectivity index (χ3n) is 3.13. The van der Waals surface area contributed by atoms with Crippen LogP contribution in [0.2, 0.25) is 0 Å². The van der Waals surface area contributed by atoms with Crippen LogP contribution in [0.4, 0.5) is 0 Å². The Morgan fingerprint density at radius 2 is 2.21 bits per heavy atom. The summed E-state index contributed by atoms with van der Waals surface area (Å²) in [6.07, 6.45) is 0.716. The van der Waals surface area contributed by atoms with Crippen LogP contribution in [0.25, 0.3) is 0 Å². The molecule has 0 spiro atoms. The van der Waals surface area contributed by atoms with Crippen LogP contribution in [-0.2, 0) is 11.2 Å². The van der Waals surface area contributed by atoms with E-state index >= 15 is 0 Å². The van der Waals surface area contributed by atoms with Crippen molar-refractivity contribution in [3.8, 4) is 0 Å². The van der Waals surface area contributed by atoms with Crippen molar-refractivity contribution in [2.45, 2.75) is 12.5 Å². The average molecular weight is 349 g/mol. The van der Waals surface area contributed by atoms with Gasteiger partial charge in [0.05, 0.1) is 23.1 Å². The summed E-state index contributed by atoms with van der Waals surface area (Å²) in [4.78, 5) is 3.62. The molecule has 0 amide bonds. The van der Waals surface area contributed by atoms with Crippen molar-refractivity contribution in [3.05, 3.63) is 20.8 Å². The number of halogens is 1. The fourth-order valence-corrected chi connectivity index (χ4v) is 3.60. The molecule has 1 atom stereocenters. The third-order valence-corrected chi connectivity index (χ3v) is 4.81. The number of aliphatic hydroxyl groups is 1. The summed E-state index contributed by atoms with van der Waals surface area (Å²) in [5.41, 5.74) is 0. The Morgan fingerprint density at radius 1 is 1.42 bits per heavy atom. The summed E-state index contributed by atoms with van der Waals surface area (Å²) in [5, 5.41) is 13.3. The number of nitrogens with zero attached hydrogens (tertiary/aromatic N) is 1. The van der Waals surface area contributed by atoms with E-state index in [0.29, 0.717) is 6.54 Å². The maximum atomic E-state index is 9.95. The van der Waals surface area contributed by atoms with Crippen LogP contribution >= 0.6 is 27.3 Å². The first-order chi connectivity index (χ1) is 9.24. The molecule has 0 aliphatic carbocycles. The standard InChI is InChI=1S/C13H21BrN2O2S/c14-13-2-1-12(19-13)3-4-15-9-11(17)10-16-5-7-18-8-6-16/h1-2,11,15,17H,3-10H2. The number of thiophene rings is 1. The lowest BCUT2D eigenvalue weighted by atomic mass is 10.3. The van der Waals surface area contributed by atoms with Gasteiger partial charge in [-0.05, 0) is 34.5 Å². The zero-order valence-corrected chi connectivity index (χ0v) is 13.4. The molecule has 2 N–H and O–H groups in total. The lowest BCUT2D eigenvalue weighted by molar-refractivity contribution is 0.0150. The highest BCUT2D eigenvalue weighted by atomic mass is 79.9. The van der Waals surface area contributed by atoms with Gasteiger partial charge in [0.25, 0.3) is 0 Å². The summed E-state index contributed by atoms with van der Waals surface area (Å²) in [6, 6.07) is 4.22. The van der Waals surface area contributed by atoms with E-state index in [1.165, 1.54) is 8.66 Å². The van der Waals surface area contributed by atoms with Crippen LogP contribution in [-0.4, -0.2) is 62.0 Å². The Morgan fingerprint density at radius 3 is 2.89 bits per heavy atom. The SMILES string of the molecule is OC(CNCCc1ccc(Br)s1)CN1CCOCC1. The van der Waals surface area contributed by atoms with Gasteiger partial charge in [-0.15, -0.1) is 11.3 Å². The molecule has 2 heterocycles. The molecule has 0 bridgehead atoms. The molecule has 1 aliphatic rings. The molecule has 1 saturated heterocycles. The van der Waals surface area contributed by atoms with Crippen molar-refractivity contribution in [2.24, 2.45) is 0 Å². The van der Waals surface area contributed by atoms with Gasteiger partial charge in [0.2, 0.25) is 0 Å². The van der Waals surface area contributed by atoms with Crippen LogP contribution in [0.1, 0.15) is 4.88 Å². The van der Waals surface area contributed by atoms with Gasteiger partial charge in [0.15, 0.2) is 0 Å². The number of β-amino-alcohol motifs (C(OH)–C–C–N with tert-alkyl or cyclic N) is 1. The molecule has 6 heteroatoms. The largest absolute Gasteiger partial charge is 0.390 e. The molecule has 4 nitrogen and oxygen atoms in total. The average Bonchev–Trinajstić information content (AvgIpc) is 2.82. The summed E-state index contributed by atoms with van der Waals surface area (Å²) in [6.45, 7) is 5.74. The first-order valence-electron chi connectivity index (χ1n) is 6.67.